The summed E-state index contributed by atoms with van der Waals surface area (Å²) in [4.78, 5) is 0. The average molecular weight is 443 g/mol. The van der Waals surface area contributed by atoms with Crippen LogP contribution in [0.3, 0.4) is 0 Å². The Morgan fingerprint density at radius 2 is 1.17 bits per heavy atom. The molecule has 2 fully saturated rings. The van der Waals surface area contributed by atoms with Gasteiger partial charge < -0.3 is 4.48 Å². The largest absolute Gasteiger partial charge is 0.325 e. The number of hydrogen-bond acceptors (Lipinski definition) is 2. The first-order valence-electron chi connectivity index (χ1n) is 13.3. The summed E-state index contributed by atoms with van der Waals surface area (Å²) in [6, 6.07) is 0. The molecule has 2 saturated heterocycles. The van der Waals surface area contributed by atoms with Crippen molar-refractivity contribution in [2.75, 3.05) is 32.4 Å². The maximum atomic E-state index is 2.50. The molecule has 2 atom stereocenters. The fraction of sp³-hybridized carbons (Fsp3) is 1.00. The molecule has 0 amide bonds. The van der Waals surface area contributed by atoms with Crippen molar-refractivity contribution in [2.45, 2.75) is 132 Å². The second-order valence-electron chi connectivity index (χ2n) is 10.2. The van der Waals surface area contributed by atoms with Gasteiger partial charge in [-0.05, 0) is 6.42 Å². The second-order valence-corrected chi connectivity index (χ2v) is 13.3. The third-order valence-corrected chi connectivity index (χ3v) is 10.5. The molecule has 0 aromatic rings. The number of unbranched alkanes of at least 4 members (excludes halogenated alkanes) is 14. The maximum absolute atomic E-state index is 2.50. The fourth-order valence-electron chi connectivity index (χ4n) is 5.21. The van der Waals surface area contributed by atoms with Crippen LogP contribution in [0.4, 0.5) is 0 Å². The normalized spacial score (nSPS) is 23.8. The fourth-order valence-corrected chi connectivity index (χ4v) is 8.83. The summed E-state index contributed by atoms with van der Waals surface area (Å²) in [5.74, 6) is 1.42. The predicted octanol–water partition coefficient (Wildman–Crippen LogP) is 8.66. The van der Waals surface area contributed by atoms with Crippen LogP contribution in [0.1, 0.15) is 122 Å². The molecule has 1 nitrogen and oxygen atoms in total. The highest BCUT2D eigenvalue weighted by atomic mass is 32.2. The molecule has 2 unspecified atom stereocenters. The van der Waals surface area contributed by atoms with Gasteiger partial charge >= 0.3 is 0 Å². The zero-order valence-corrected chi connectivity index (χ0v) is 21.6. The van der Waals surface area contributed by atoms with Gasteiger partial charge in [0.05, 0.1) is 36.5 Å². The van der Waals surface area contributed by atoms with Crippen LogP contribution in [0, 0.1) is 0 Å². The third kappa shape index (κ3) is 12.3. The van der Waals surface area contributed by atoms with Gasteiger partial charge in [-0.2, -0.15) is 0 Å². The molecule has 0 spiro atoms. The molecule has 0 aromatic heterocycles. The first kappa shape index (κ1) is 25.9. The van der Waals surface area contributed by atoms with Crippen LogP contribution in [0.25, 0.3) is 0 Å². The Labute approximate surface area is 192 Å². The molecule has 0 N–H and O–H groups in total. The summed E-state index contributed by atoms with van der Waals surface area (Å²) in [6.45, 7) is 6.62. The van der Waals surface area contributed by atoms with Crippen molar-refractivity contribution in [3.63, 3.8) is 0 Å². The SMILES string of the molecule is CCCCCCCCCCCCCCCCCC1SCC(C[N+]2(C)CCCC2)S1. The molecule has 2 aliphatic heterocycles. The zero-order chi connectivity index (χ0) is 20.6. The molecular formula is C26H52NS2+. The van der Waals surface area contributed by atoms with Crippen LogP contribution in [-0.2, 0) is 0 Å². The van der Waals surface area contributed by atoms with E-state index in [0.717, 1.165) is 9.83 Å². The Balaban J connectivity index is 1.30. The monoisotopic (exact) mass is 442 g/mol. The lowest BCUT2D eigenvalue weighted by Crippen LogP contribution is -2.45. The van der Waals surface area contributed by atoms with Gasteiger partial charge in [0.2, 0.25) is 0 Å². The number of nitrogens with zero attached hydrogens (tertiary/aromatic N) is 1. The number of hydrogen-bond donors (Lipinski definition) is 0. The van der Waals surface area contributed by atoms with Crippen LogP contribution in [0.5, 0.6) is 0 Å². The summed E-state index contributed by atoms with van der Waals surface area (Å²) in [5.41, 5.74) is 0. The van der Waals surface area contributed by atoms with Crippen molar-refractivity contribution in [2.24, 2.45) is 0 Å². The Bertz CT molecular complexity index is 381. The highest BCUT2D eigenvalue weighted by molar-refractivity contribution is 8.20. The van der Waals surface area contributed by atoms with E-state index in [1.54, 1.807) is 0 Å². The van der Waals surface area contributed by atoms with Gasteiger partial charge in [0.25, 0.3) is 0 Å². The lowest BCUT2D eigenvalue weighted by molar-refractivity contribution is -0.896. The highest BCUT2D eigenvalue weighted by Gasteiger charge is 2.34. The number of rotatable bonds is 18. The van der Waals surface area contributed by atoms with E-state index in [1.165, 1.54) is 145 Å². The smallest absolute Gasteiger partial charge is 0.0913 e. The van der Waals surface area contributed by atoms with E-state index in [9.17, 15) is 0 Å². The van der Waals surface area contributed by atoms with Crippen LogP contribution in [0.15, 0.2) is 0 Å². The van der Waals surface area contributed by atoms with E-state index < -0.39 is 0 Å². The summed E-state index contributed by atoms with van der Waals surface area (Å²) >= 11 is 4.60. The first-order valence-corrected chi connectivity index (χ1v) is 15.3. The molecule has 0 radical (unpaired) electrons. The van der Waals surface area contributed by atoms with E-state index >= 15 is 0 Å². The van der Waals surface area contributed by atoms with Crippen molar-refractivity contribution in [3.05, 3.63) is 0 Å². The van der Waals surface area contributed by atoms with E-state index in [2.05, 4.69) is 37.5 Å². The quantitative estimate of drug-likeness (QED) is 0.154. The van der Waals surface area contributed by atoms with Crippen molar-refractivity contribution in [3.8, 4) is 0 Å². The van der Waals surface area contributed by atoms with Crippen LogP contribution >= 0.6 is 23.5 Å². The van der Waals surface area contributed by atoms with Gasteiger partial charge in [0.1, 0.15) is 0 Å². The molecule has 2 heterocycles. The van der Waals surface area contributed by atoms with E-state index in [0.29, 0.717) is 0 Å². The number of thioether (sulfide) groups is 2. The topological polar surface area (TPSA) is 0 Å². The standard InChI is InChI=1S/C26H52NS2/c1-3-4-5-6-7-8-9-10-11-12-13-14-15-16-17-20-26-28-24-25(29-26)23-27(2)21-18-19-22-27/h25-26H,3-24H2,1-2H3/q+1. The van der Waals surface area contributed by atoms with Gasteiger partial charge in [0, 0.05) is 18.6 Å². The Kier molecular flexibility index (Phi) is 14.6. The molecule has 0 saturated carbocycles. The summed E-state index contributed by atoms with van der Waals surface area (Å²) in [5, 5.41) is 0.935. The van der Waals surface area contributed by atoms with Gasteiger partial charge in [-0.3, -0.25) is 0 Å². The molecule has 3 heteroatoms. The Hall–Kier alpha value is 0.660. The summed E-state index contributed by atoms with van der Waals surface area (Å²) in [6.07, 6.45) is 26.5. The van der Waals surface area contributed by atoms with Crippen molar-refractivity contribution < 1.29 is 4.48 Å². The Morgan fingerprint density at radius 1 is 0.690 bits per heavy atom. The van der Waals surface area contributed by atoms with Crippen LogP contribution < -0.4 is 0 Å². The Morgan fingerprint density at radius 3 is 1.69 bits per heavy atom. The van der Waals surface area contributed by atoms with Gasteiger partial charge in [-0.15, -0.1) is 23.5 Å². The molecule has 0 aromatic carbocycles. The molecule has 172 valence electrons. The van der Waals surface area contributed by atoms with Gasteiger partial charge in [0.15, 0.2) is 0 Å². The zero-order valence-electron chi connectivity index (χ0n) is 20.0. The van der Waals surface area contributed by atoms with Gasteiger partial charge in [-0.1, -0.05) is 103 Å². The molecule has 29 heavy (non-hydrogen) atoms. The molecule has 2 aliphatic rings. The predicted molar refractivity (Wildman–Crippen MR) is 137 cm³/mol. The lowest BCUT2D eigenvalue weighted by Gasteiger charge is -2.31. The maximum Gasteiger partial charge on any atom is 0.0913 e. The van der Waals surface area contributed by atoms with Crippen molar-refractivity contribution in [1.29, 1.82) is 0 Å². The van der Waals surface area contributed by atoms with Crippen molar-refractivity contribution in [1.82, 2.24) is 0 Å². The molecule has 2 rings (SSSR count). The van der Waals surface area contributed by atoms with E-state index in [4.69, 9.17) is 0 Å². The first-order chi connectivity index (χ1) is 14.2. The summed E-state index contributed by atoms with van der Waals surface area (Å²) in [7, 11) is 2.50. The minimum absolute atomic E-state index is 0.913. The minimum Gasteiger partial charge on any atom is -0.325 e. The number of quaternary nitrogens is 1. The van der Waals surface area contributed by atoms with Crippen molar-refractivity contribution >= 4 is 23.5 Å². The molecule has 0 aliphatic carbocycles. The second kappa shape index (κ2) is 16.3. The number of likely N-dealkylation sites (tertiary alicyclic amines) is 1. The van der Waals surface area contributed by atoms with E-state index in [1.807, 2.05) is 0 Å². The highest BCUT2D eigenvalue weighted by Crippen LogP contribution is 2.42. The van der Waals surface area contributed by atoms with E-state index in [-0.39, 0.29) is 0 Å². The van der Waals surface area contributed by atoms with Crippen LogP contribution in [-0.4, -0.2) is 46.7 Å². The average Bonchev–Trinajstić information content (AvgIpc) is 3.34. The van der Waals surface area contributed by atoms with Crippen LogP contribution in [0.2, 0.25) is 0 Å². The minimum atomic E-state index is 0.913. The third-order valence-electron chi connectivity index (χ3n) is 7.15. The molecular weight excluding hydrogens is 390 g/mol. The molecule has 0 bridgehead atoms. The lowest BCUT2D eigenvalue weighted by atomic mass is 10.0. The summed E-state index contributed by atoms with van der Waals surface area (Å²) < 4.78 is 2.28. The van der Waals surface area contributed by atoms with Gasteiger partial charge in [-0.25, -0.2) is 0 Å².